The second kappa shape index (κ2) is 15.3. The Morgan fingerprint density at radius 3 is 2.52 bits per heavy atom. The number of benzene rings is 3. The van der Waals surface area contributed by atoms with Crippen LogP contribution in [0.3, 0.4) is 0 Å². The van der Waals surface area contributed by atoms with Gasteiger partial charge in [0.15, 0.2) is 17.4 Å². The second-order valence-electron chi connectivity index (χ2n) is 16.6. The molecule has 3 amide bonds. The van der Waals surface area contributed by atoms with Crippen molar-refractivity contribution in [3.8, 4) is 17.6 Å². The first-order valence-corrected chi connectivity index (χ1v) is 20.9. The molecule has 4 aliphatic rings. The molecule has 0 bridgehead atoms. The van der Waals surface area contributed by atoms with Gasteiger partial charge in [-0.2, -0.15) is 10.4 Å². The summed E-state index contributed by atoms with van der Waals surface area (Å²) in [5.74, 6) is -6.46. The number of carbonyl (C=O) groups excluding carboxylic acids is 2. The van der Waals surface area contributed by atoms with Crippen molar-refractivity contribution in [2.45, 2.75) is 69.4 Å². The van der Waals surface area contributed by atoms with E-state index < -0.39 is 42.0 Å². The molecule has 1 atom stereocenters. The first-order chi connectivity index (χ1) is 29.2. The number of aryl methyl sites for hydroxylation is 1. The standard InChI is InChI=1S/C42H42F4N10O4S/c1-4-52(2)61-51-34-8-6-31(43)37(29(34)20-47)60-25-5-7-33-27(13-25)39(58)56(22-48-33)24-18-41(19-24)16-23(17-41)54-11-9-30(42(45,46)21-54)26-15-35-28(14-32(26)44)38(50-53(35)3)55-12-10-36(57)49-40(55)59/h5-8,13-15,22-24,30,51H,4,9-12,16-19,21H2,1-3H3,(H,49,57,59). The summed E-state index contributed by atoms with van der Waals surface area (Å²) in [6.07, 6.45) is 4.42. The number of piperidine rings is 1. The topological polar surface area (TPSA) is 154 Å². The lowest BCUT2D eigenvalue weighted by Crippen LogP contribution is -2.61. The lowest BCUT2D eigenvalue weighted by atomic mass is 9.51. The fourth-order valence-electron chi connectivity index (χ4n) is 9.44. The van der Waals surface area contributed by atoms with Crippen LogP contribution in [-0.2, 0) is 11.8 Å². The van der Waals surface area contributed by atoms with Crippen LogP contribution in [0.1, 0.15) is 68.5 Å². The summed E-state index contributed by atoms with van der Waals surface area (Å²) in [7, 11) is 3.46. The van der Waals surface area contributed by atoms with Crippen LogP contribution in [-0.4, -0.2) is 85.7 Å². The van der Waals surface area contributed by atoms with Gasteiger partial charge in [-0.05, 0) is 99.1 Å². The molecule has 9 rings (SSSR count). The number of hydrogen-bond acceptors (Lipinski definition) is 11. The number of aromatic nitrogens is 4. The largest absolute Gasteiger partial charge is 0.453 e. The lowest BCUT2D eigenvalue weighted by molar-refractivity contribution is -0.139. The van der Waals surface area contributed by atoms with E-state index in [-0.39, 0.29) is 76.3 Å². The number of likely N-dealkylation sites (tertiary alicyclic amines) is 1. The number of imide groups is 1. The van der Waals surface area contributed by atoms with E-state index in [1.54, 1.807) is 23.7 Å². The van der Waals surface area contributed by atoms with E-state index in [2.05, 4.69) is 20.1 Å². The third kappa shape index (κ3) is 7.23. The SMILES string of the molecule is CCN(C)SNc1ccc(F)c(Oc2ccc3ncn(C4CC5(CC(N6CCC(c7cc8c(cc7F)c(N7CCC(=O)NC7=O)nn8C)C(F)(F)C6)C5)C4)c(=O)c3c2)c1C#N. The summed E-state index contributed by atoms with van der Waals surface area (Å²) in [4.78, 5) is 45.5. The van der Waals surface area contributed by atoms with Gasteiger partial charge in [0.05, 0.1) is 40.9 Å². The maximum absolute atomic E-state index is 16.0. The van der Waals surface area contributed by atoms with E-state index in [0.29, 0.717) is 54.3 Å². The highest BCUT2D eigenvalue weighted by atomic mass is 32.2. The van der Waals surface area contributed by atoms with Crippen molar-refractivity contribution in [2.75, 3.05) is 42.8 Å². The molecule has 14 nitrogen and oxygen atoms in total. The third-order valence-electron chi connectivity index (χ3n) is 12.8. The lowest BCUT2D eigenvalue weighted by Gasteiger charge is -2.61. The summed E-state index contributed by atoms with van der Waals surface area (Å²) in [6, 6.07) is 11.0. The Labute approximate surface area is 351 Å². The summed E-state index contributed by atoms with van der Waals surface area (Å²) in [5.41, 5.74) is 0.722. The Balaban J connectivity index is 0.846. The van der Waals surface area contributed by atoms with Crippen LogP contribution in [0.25, 0.3) is 21.8 Å². The molecule has 2 aliphatic heterocycles. The van der Waals surface area contributed by atoms with Gasteiger partial charge in [0.1, 0.15) is 23.2 Å². The van der Waals surface area contributed by atoms with E-state index in [9.17, 15) is 19.6 Å². The van der Waals surface area contributed by atoms with E-state index in [1.807, 2.05) is 29.2 Å². The molecule has 4 heterocycles. The number of halogens is 4. The highest BCUT2D eigenvalue weighted by Gasteiger charge is 2.57. The predicted octanol–water partition coefficient (Wildman–Crippen LogP) is 7.21. The van der Waals surface area contributed by atoms with Crippen LogP contribution < -0.4 is 25.2 Å². The zero-order valence-corrected chi connectivity index (χ0v) is 34.4. The Morgan fingerprint density at radius 2 is 1.80 bits per heavy atom. The normalized spacial score (nSPS) is 23.9. The van der Waals surface area contributed by atoms with Crippen LogP contribution in [0.2, 0.25) is 0 Å². The van der Waals surface area contributed by atoms with Crippen LogP contribution in [0, 0.1) is 28.4 Å². The number of nitriles is 1. The molecule has 19 heteroatoms. The van der Waals surface area contributed by atoms with Gasteiger partial charge in [-0.15, -0.1) is 0 Å². The van der Waals surface area contributed by atoms with Gasteiger partial charge in [-0.25, -0.2) is 31.6 Å². The van der Waals surface area contributed by atoms with Gasteiger partial charge in [0.25, 0.3) is 11.5 Å². The van der Waals surface area contributed by atoms with Gasteiger partial charge in [-0.1, -0.05) is 6.92 Å². The van der Waals surface area contributed by atoms with Gasteiger partial charge in [0, 0.05) is 56.2 Å². The van der Waals surface area contributed by atoms with Crippen LogP contribution >= 0.6 is 12.1 Å². The predicted molar refractivity (Wildman–Crippen MR) is 220 cm³/mol. The number of hydrogen-bond donors (Lipinski definition) is 2. The molecule has 3 aromatic carbocycles. The fraction of sp³-hybridized carbons (Fsp3) is 0.429. The quantitative estimate of drug-likeness (QED) is 0.108. The van der Waals surface area contributed by atoms with Gasteiger partial charge in [0.2, 0.25) is 5.91 Å². The van der Waals surface area contributed by atoms with E-state index in [1.165, 1.54) is 52.3 Å². The third-order valence-corrected chi connectivity index (χ3v) is 13.7. The molecule has 1 unspecified atom stereocenters. The van der Waals surface area contributed by atoms with E-state index in [0.717, 1.165) is 12.6 Å². The number of amides is 3. The molecule has 4 fully saturated rings. The minimum atomic E-state index is -3.22. The summed E-state index contributed by atoms with van der Waals surface area (Å²) >= 11 is 1.25. The van der Waals surface area contributed by atoms with Crippen molar-refractivity contribution < 1.29 is 31.9 Å². The number of rotatable bonds is 10. The zero-order chi connectivity index (χ0) is 43.0. The van der Waals surface area contributed by atoms with Gasteiger partial charge >= 0.3 is 6.03 Å². The number of nitrogens with one attached hydrogen (secondary N) is 2. The molecule has 2 N–H and O–H groups in total. The number of fused-ring (bicyclic) bond motifs is 2. The van der Waals surface area contributed by atoms with E-state index in [4.69, 9.17) is 4.74 Å². The average molecular weight is 859 g/mol. The van der Waals surface area contributed by atoms with Crippen LogP contribution in [0.4, 0.5) is 33.9 Å². The maximum atomic E-state index is 16.0. The molecule has 2 saturated heterocycles. The number of ether oxygens (including phenoxy) is 1. The molecule has 1 spiro atoms. The number of nitrogens with zero attached hydrogens (tertiary/aromatic N) is 8. The molecule has 318 valence electrons. The Morgan fingerprint density at radius 1 is 1.03 bits per heavy atom. The number of carbonyl (C=O) groups is 2. The monoisotopic (exact) mass is 858 g/mol. The molecule has 2 saturated carbocycles. The zero-order valence-electron chi connectivity index (χ0n) is 33.6. The van der Waals surface area contributed by atoms with Crippen molar-refractivity contribution in [3.05, 3.63) is 81.9 Å². The maximum Gasteiger partial charge on any atom is 0.329 e. The van der Waals surface area contributed by atoms with Crippen molar-refractivity contribution in [2.24, 2.45) is 12.5 Å². The minimum absolute atomic E-state index is 0.0222. The second-order valence-corrected chi connectivity index (χ2v) is 17.6. The molecule has 0 radical (unpaired) electrons. The summed E-state index contributed by atoms with van der Waals surface area (Å²) in [6.45, 7) is 2.62. The number of alkyl halides is 2. The van der Waals surface area contributed by atoms with Crippen molar-refractivity contribution in [1.82, 2.24) is 33.9 Å². The summed E-state index contributed by atoms with van der Waals surface area (Å²) < 4.78 is 76.7. The highest BCUT2D eigenvalue weighted by molar-refractivity contribution is 7.98. The first kappa shape index (κ1) is 40.7. The fourth-order valence-corrected chi connectivity index (χ4v) is 9.99. The minimum Gasteiger partial charge on any atom is -0.453 e. The Hall–Kier alpha value is -5.71. The van der Waals surface area contributed by atoms with E-state index >= 15 is 17.6 Å². The molecule has 2 aliphatic carbocycles. The van der Waals surface area contributed by atoms with Crippen molar-refractivity contribution >= 4 is 57.4 Å². The number of anilines is 2. The Kier molecular flexibility index (Phi) is 10.2. The molecule has 5 aromatic rings. The average Bonchev–Trinajstić information content (AvgIpc) is 3.51. The van der Waals surface area contributed by atoms with Crippen molar-refractivity contribution in [1.29, 1.82) is 5.26 Å². The molecular weight excluding hydrogens is 817 g/mol. The van der Waals surface area contributed by atoms with Crippen LogP contribution in [0.15, 0.2) is 53.6 Å². The van der Waals surface area contributed by atoms with Gasteiger partial charge in [-0.3, -0.25) is 34.0 Å². The first-order valence-electron chi connectivity index (χ1n) is 20.1. The molecular formula is C42H42F4N10O4S. The number of urea groups is 1. The molecule has 2 aromatic heterocycles. The Bertz CT molecular complexity index is 2710. The smallest absolute Gasteiger partial charge is 0.329 e. The summed E-state index contributed by atoms with van der Waals surface area (Å²) in [5, 5.41) is 17.1. The van der Waals surface area contributed by atoms with Crippen LogP contribution in [0.5, 0.6) is 11.5 Å². The molecule has 61 heavy (non-hydrogen) atoms. The van der Waals surface area contributed by atoms with Crippen molar-refractivity contribution in [3.63, 3.8) is 0 Å². The van der Waals surface area contributed by atoms with Gasteiger partial charge < -0.3 is 9.46 Å². The highest BCUT2D eigenvalue weighted by Crippen LogP contribution is 2.62.